The molecule has 10 heteroatoms. The highest BCUT2D eigenvalue weighted by Gasteiger charge is 2.31. The molecule has 114 valence electrons. The summed E-state index contributed by atoms with van der Waals surface area (Å²) in [6.07, 6.45) is -2.44. The van der Waals surface area contributed by atoms with Crippen molar-refractivity contribution in [2.24, 2.45) is 7.05 Å². The summed E-state index contributed by atoms with van der Waals surface area (Å²) in [4.78, 5) is -0.234. The van der Waals surface area contributed by atoms with E-state index in [1.165, 1.54) is 17.9 Å². The van der Waals surface area contributed by atoms with E-state index in [-0.39, 0.29) is 4.90 Å². The third-order valence-corrected chi connectivity index (χ3v) is 3.88. The molecule has 2 N–H and O–H groups in total. The van der Waals surface area contributed by atoms with Gasteiger partial charge < -0.3 is 5.11 Å². The van der Waals surface area contributed by atoms with Gasteiger partial charge in [0.2, 0.25) is 0 Å². The number of nitrogens with one attached hydrogen (secondary N) is 1. The number of hydrogen-bond acceptors (Lipinski definition) is 4. The molecule has 1 heterocycles. The van der Waals surface area contributed by atoms with Gasteiger partial charge in [-0.05, 0) is 18.2 Å². The summed E-state index contributed by atoms with van der Waals surface area (Å²) in [5, 5.41) is 13.2. The molecule has 0 bridgehead atoms. The van der Waals surface area contributed by atoms with Crippen molar-refractivity contribution in [3.8, 4) is 5.75 Å². The molecule has 21 heavy (non-hydrogen) atoms. The number of rotatable bonds is 3. The minimum atomic E-state index is -4.65. The third-order valence-electron chi connectivity index (χ3n) is 2.56. The zero-order valence-corrected chi connectivity index (χ0v) is 11.4. The SMILES string of the molecule is Cn1cc(S(=O)(=O)Nc2cc(C(F)(F)F)ccc2O)cn1. The van der Waals surface area contributed by atoms with Gasteiger partial charge in [0.1, 0.15) is 10.6 Å². The number of aryl methyl sites for hydroxylation is 1. The molecule has 1 aromatic carbocycles. The van der Waals surface area contributed by atoms with Crippen LogP contribution in [0, 0.1) is 0 Å². The van der Waals surface area contributed by atoms with Gasteiger partial charge in [0.25, 0.3) is 10.0 Å². The van der Waals surface area contributed by atoms with Crippen molar-refractivity contribution in [1.82, 2.24) is 9.78 Å². The molecule has 0 radical (unpaired) electrons. The summed E-state index contributed by atoms with van der Waals surface area (Å²) in [5.41, 5.74) is -1.64. The van der Waals surface area contributed by atoms with Crippen LogP contribution in [0.25, 0.3) is 0 Å². The maximum Gasteiger partial charge on any atom is 0.416 e. The van der Waals surface area contributed by atoms with Gasteiger partial charge in [0.05, 0.1) is 17.4 Å². The van der Waals surface area contributed by atoms with E-state index in [4.69, 9.17) is 0 Å². The van der Waals surface area contributed by atoms with E-state index in [1.54, 1.807) is 0 Å². The molecule has 2 rings (SSSR count). The largest absolute Gasteiger partial charge is 0.506 e. The van der Waals surface area contributed by atoms with E-state index in [9.17, 15) is 26.7 Å². The van der Waals surface area contributed by atoms with Crippen LogP contribution in [0.4, 0.5) is 18.9 Å². The number of aromatic hydroxyl groups is 1. The summed E-state index contributed by atoms with van der Waals surface area (Å²) in [7, 11) is -2.65. The normalized spacial score (nSPS) is 12.4. The van der Waals surface area contributed by atoms with E-state index in [2.05, 4.69) is 5.10 Å². The molecule has 0 fully saturated rings. The smallest absolute Gasteiger partial charge is 0.416 e. The number of sulfonamides is 1. The lowest BCUT2D eigenvalue weighted by Gasteiger charge is -2.12. The van der Waals surface area contributed by atoms with Crippen LogP contribution in [-0.4, -0.2) is 23.3 Å². The lowest BCUT2D eigenvalue weighted by Crippen LogP contribution is -2.13. The number of alkyl halides is 3. The van der Waals surface area contributed by atoms with Crippen molar-refractivity contribution in [2.45, 2.75) is 11.1 Å². The highest BCUT2D eigenvalue weighted by molar-refractivity contribution is 7.92. The number of halogens is 3. The van der Waals surface area contributed by atoms with E-state index in [0.717, 1.165) is 12.3 Å². The Balaban J connectivity index is 2.39. The van der Waals surface area contributed by atoms with Crippen LogP contribution >= 0.6 is 0 Å². The second-order valence-corrected chi connectivity index (χ2v) is 5.87. The van der Waals surface area contributed by atoms with Gasteiger partial charge >= 0.3 is 6.18 Å². The quantitative estimate of drug-likeness (QED) is 0.846. The molecule has 0 atom stereocenters. The summed E-state index contributed by atoms with van der Waals surface area (Å²) in [6.45, 7) is 0. The first-order chi connectivity index (χ1) is 9.59. The van der Waals surface area contributed by atoms with E-state index >= 15 is 0 Å². The van der Waals surface area contributed by atoms with Gasteiger partial charge in [-0.1, -0.05) is 0 Å². The average Bonchev–Trinajstić information content (AvgIpc) is 2.78. The summed E-state index contributed by atoms with van der Waals surface area (Å²) in [5.74, 6) is -0.615. The van der Waals surface area contributed by atoms with Crippen LogP contribution < -0.4 is 4.72 Å². The molecule has 0 aliphatic rings. The highest BCUT2D eigenvalue weighted by Crippen LogP contribution is 2.35. The molecule has 1 aromatic heterocycles. The number of nitrogens with zero attached hydrogens (tertiary/aromatic N) is 2. The van der Waals surface area contributed by atoms with E-state index in [1.807, 2.05) is 4.72 Å². The summed E-state index contributed by atoms with van der Waals surface area (Å²) in [6, 6.07) is 1.93. The van der Waals surface area contributed by atoms with E-state index in [0.29, 0.717) is 12.1 Å². The first kappa shape index (κ1) is 15.2. The van der Waals surface area contributed by atoms with Gasteiger partial charge in [0.15, 0.2) is 0 Å². The fraction of sp³-hybridized carbons (Fsp3) is 0.182. The number of benzene rings is 1. The molecular formula is C11H10F3N3O3S. The molecule has 0 amide bonds. The van der Waals surface area contributed by atoms with Gasteiger partial charge in [-0.2, -0.15) is 18.3 Å². The highest BCUT2D eigenvalue weighted by atomic mass is 32.2. The number of anilines is 1. The number of phenolic OH excluding ortho intramolecular Hbond substituents is 1. The average molecular weight is 321 g/mol. The Morgan fingerprint density at radius 2 is 2.00 bits per heavy atom. The van der Waals surface area contributed by atoms with Gasteiger partial charge in [0, 0.05) is 13.2 Å². The Kier molecular flexibility index (Phi) is 3.58. The fourth-order valence-electron chi connectivity index (χ4n) is 1.54. The van der Waals surface area contributed by atoms with Crippen molar-refractivity contribution in [3.63, 3.8) is 0 Å². The molecule has 0 aliphatic carbocycles. The minimum absolute atomic E-state index is 0.234. The third kappa shape index (κ3) is 3.27. The minimum Gasteiger partial charge on any atom is -0.506 e. The second kappa shape index (κ2) is 4.95. The van der Waals surface area contributed by atoms with Crippen LogP contribution in [0.5, 0.6) is 5.75 Å². The number of aromatic nitrogens is 2. The zero-order chi connectivity index (χ0) is 15.8. The van der Waals surface area contributed by atoms with Crippen molar-refractivity contribution in [1.29, 1.82) is 0 Å². The van der Waals surface area contributed by atoms with Crippen LogP contribution in [0.2, 0.25) is 0 Å². The van der Waals surface area contributed by atoms with Crippen molar-refractivity contribution >= 4 is 15.7 Å². The molecule has 0 spiro atoms. The van der Waals surface area contributed by atoms with Crippen LogP contribution in [-0.2, 0) is 23.2 Å². The van der Waals surface area contributed by atoms with Crippen LogP contribution in [0.3, 0.4) is 0 Å². The molecule has 2 aromatic rings. The molecule has 0 aliphatic heterocycles. The monoisotopic (exact) mass is 321 g/mol. The van der Waals surface area contributed by atoms with Crippen LogP contribution in [0.15, 0.2) is 35.5 Å². The standard InChI is InChI=1S/C11H10F3N3O3S/c1-17-6-8(5-15-17)21(19,20)16-9-4-7(11(12,13)14)2-3-10(9)18/h2-6,16,18H,1H3. The van der Waals surface area contributed by atoms with E-state index < -0.39 is 33.2 Å². The summed E-state index contributed by atoms with van der Waals surface area (Å²) < 4.78 is 64.8. The van der Waals surface area contributed by atoms with Crippen molar-refractivity contribution < 1.29 is 26.7 Å². The topological polar surface area (TPSA) is 84.2 Å². The Morgan fingerprint density at radius 3 is 2.52 bits per heavy atom. The maximum atomic E-state index is 12.6. The molecular weight excluding hydrogens is 311 g/mol. The lowest BCUT2D eigenvalue weighted by atomic mass is 10.2. The van der Waals surface area contributed by atoms with Gasteiger partial charge in [-0.3, -0.25) is 9.40 Å². The fourth-order valence-corrected chi connectivity index (χ4v) is 2.58. The van der Waals surface area contributed by atoms with Crippen LogP contribution in [0.1, 0.15) is 5.56 Å². The Bertz CT molecular complexity index is 769. The van der Waals surface area contributed by atoms with Crippen molar-refractivity contribution in [2.75, 3.05) is 4.72 Å². The lowest BCUT2D eigenvalue weighted by molar-refractivity contribution is -0.137. The number of hydrogen-bond donors (Lipinski definition) is 2. The Morgan fingerprint density at radius 1 is 1.33 bits per heavy atom. The Labute approximate surface area is 117 Å². The first-order valence-corrected chi connectivity index (χ1v) is 6.99. The predicted molar refractivity (Wildman–Crippen MR) is 67.1 cm³/mol. The van der Waals surface area contributed by atoms with Gasteiger partial charge in [-0.15, -0.1) is 0 Å². The molecule has 6 nitrogen and oxygen atoms in total. The predicted octanol–water partition coefficient (Wildman–Crippen LogP) is 1.95. The molecule has 0 saturated heterocycles. The Hall–Kier alpha value is -2.23. The first-order valence-electron chi connectivity index (χ1n) is 5.51. The number of phenols is 1. The maximum absolute atomic E-state index is 12.6. The second-order valence-electron chi connectivity index (χ2n) is 4.18. The van der Waals surface area contributed by atoms with Crippen molar-refractivity contribution in [3.05, 3.63) is 36.2 Å². The zero-order valence-electron chi connectivity index (χ0n) is 10.6. The van der Waals surface area contributed by atoms with Gasteiger partial charge in [-0.25, -0.2) is 8.42 Å². The molecule has 0 unspecified atom stereocenters. The molecule has 0 saturated carbocycles. The summed E-state index contributed by atoms with van der Waals surface area (Å²) >= 11 is 0.